The minimum absolute atomic E-state index is 0.380. The highest BCUT2D eigenvalue weighted by atomic mass is 16.2. The Balaban J connectivity index is 1.13. The van der Waals surface area contributed by atoms with E-state index in [-0.39, 0.29) is 0 Å². The zero-order valence-corrected chi connectivity index (χ0v) is 19.1. The van der Waals surface area contributed by atoms with Crippen LogP contribution in [0.5, 0.6) is 0 Å². The average molecular weight is 423 g/mol. The molecular weight excluding hydrogens is 384 g/mol. The number of aryl methyl sites for hydroxylation is 1. The van der Waals surface area contributed by atoms with Crippen molar-refractivity contribution in [1.29, 1.82) is 0 Å². The van der Waals surface area contributed by atoms with Gasteiger partial charge in [-0.05, 0) is 75.9 Å². The second-order valence-corrected chi connectivity index (χ2v) is 9.40. The van der Waals surface area contributed by atoms with Crippen molar-refractivity contribution in [2.75, 3.05) is 26.2 Å². The second-order valence-electron chi connectivity index (χ2n) is 9.40. The van der Waals surface area contributed by atoms with Crippen LogP contribution in [0, 0.1) is 11.8 Å². The zero-order chi connectivity index (χ0) is 21.5. The van der Waals surface area contributed by atoms with Crippen LogP contribution >= 0.6 is 0 Å². The van der Waals surface area contributed by atoms with Gasteiger partial charge in [0.25, 0.3) is 0 Å². The van der Waals surface area contributed by atoms with E-state index >= 15 is 0 Å². The van der Waals surface area contributed by atoms with Crippen molar-refractivity contribution >= 4 is 5.91 Å². The van der Waals surface area contributed by atoms with Crippen LogP contribution in [0.25, 0.3) is 0 Å². The van der Waals surface area contributed by atoms with Gasteiger partial charge in [-0.1, -0.05) is 30.3 Å². The maximum atomic E-state index is 12.8. The van der Waals surface area contributed by atoms with Crippen LogP contribution in [0.4, 0.5) is 0 Å². The molecule has 2 aliphatic heterocycles. The number of hydrogen-bond donors (Lipinski definition) is 0. The van der Waals surface area contributed by atoms with E-state index in [0.29, 0.717) is 11.8 Å². The molecule has 0 saturated carbocycles. The molecule has 0 bridgehead atoms. The largest absolute Gasteiger partial charge is 0.343 e. The molecule has 168 valence electrons. The van der Waals surface area contributed by atoms with Gasteiger partial charge in [-0.15, -0.1) is 0 Å². The van der Waals surface area contributed by atoms with E-state index in [0.717, 1.165) is 77.3 Å². The molecule has 2 aliphatic rings. The summed E-state index contributed by atoms with van der Waals surface area (Å²) in [6.45, 7) is 8.24. The second kappa shape index (κ2) is 10.9. The fourth-order valence-electron chi connectivity index (χ4n) is 5.23. The van der Waals surface area contributed by atoms with E-state index in [2.05, 4.69) is 62.8 Å². The molecule has 0 spiro atoms. The first kappa shape index (κ1) is 22.1. The molecule has 5 heteroatoms. The van der Waals surface area contributed by atoms with Crippen molar-refractivity contribution < 1.29 is 4.79 Å². The van der Waals surface area contributed by atoms with Gasteiger partial charge in [0.1, 0.15) is 5.82 Å². The Morgan fingerprint density at radius 1 is 1.00 bits per heavy atom. The van der Waals surface area contributed by atoms with Gasteiger partial charge < -0.3 is 9.47 Å². The third kappa shape index (κ3) is 6.19. The number of hydrogen-bond acceptors (Lipinski definition) is 3. The smallest absolute Gasteiger partial charge is 0.222 e. The van der Waals surface area contributed by atoms with E-state index in [1.54, 1.807) is 0 Å². The van der Waals surface area contributed by atoms with Crippen molar-refractivity contribution in [3.63, 3.8) is 0 Å². The SMILES string of the molecule is CCn1ccnc1CN1CCC(CCC(=O)N2CCC(Cc3ccccc3)CC2)CC1. The van der Waals surface area contributed by atoms with Crippen LogP contribution in [-0.4, -0.2) is 51.4 Å². The Hall–Kier alpha value is -2.14. The summed E-state index contributed by atoms with van der Waals surface area (Å²) in [5.41, 5.74) is 1.43. The predicted octanol–water partition coefficient (Wildman–Crippen LogP) is 4.38. The highest BCUT2D eigenvalue weighted by Crippen LogP contribution is 2.25. The lowest BCUT2D eigenvalue weighted by Gasteiger charge is -2.34. The maximum absolute atomic E-state index is 12.8. The number of piperidine rings is 2. The Labute approximate surface area is 187 Å². The molecular formula is C26H38N4O. The summed E-state index contributed by atoms with van der Waals surface area (Å²) in [6.07, 6.45) is 11.6. The molecule has 0 N–H and O–H groups in total. The number of nitrogens with zero attached hydrogens (tertiary/aromatic N) is 4. The summed E-state index contributed by atoms with van der Waals surface area (Å²) >= 11 is 0. The number of likely N-dealkylation sites (tertiary alicyclic amines) is 2. The fraction of sp³-hybridized carbons (Fsp3) is 0.615. The molecule has 5 nitrogen and oxygen atoms in total. The number of carbonyl (C=O) groups excluding carboxylic acids is 1. The zero-order valence-electron chi connectivity index (χ0n) is 19.1. The summed E-state index contributed by atoms with van der Waals surface area (Å²) in [6, 6.07) is 10.8. The predicted molar refractivity (Wildman–Crippen MR) is 125 cm³/mol. The number of imidazole rings is 1. The van der Waals surface area contributed by atoms with Crippen molar-refractivity contribution in [2.45, 2.75) is 65.0 Å². The van der Waals surface area contributed by atoms with Crippen LogP contribution in [0.1, 0.15) is 56.8 Å². The van der Waals surface area contributed by atoms with Gasteiger partial charge in [-0.2, -0.15) is 0 Å². The molecule has 4 rings (SSSR count). The molecule has 2 aromatic rings. The summed E-state index contributed by atoms with van der Waals surface area (Å²) in [7, 11) is 0. The number of rotatable bonds is 8. The quantitative estimate of drug-likeness (QED) is 0.634. The molecule has 2 saturated heterocycles. The third-order valence-corrected chi connectivity index (χ3v) is 7.32. The number of amides is 1. The van der Waals surface area contributed by atoms with Gasteiger partial charge in [-0.25, -0.2) is 4.98 Å². The Kier molecular flexibility index (Phi) is 7.79. The minimum Gasteiger partial charge on any atom is -0.343 e. The van der Waals surface area contributed by atoms with Crippen LogP contribution in [0.15, 0.2) is 42.7 Å². The molecule has 0 radical (unpaired) electrons. The number of carbonyl (C=O) groups is 1. The standard InChI is InChI=1S/C26H38N4O/c1-2-29-19-14-27-25(29)21-28-15-10-22(11-16-28)8-9-26(31)30-17-12-24(13-18-30)20-23-6-4-3-5-7-23/h3-7,14,19,22,24H,2,8-13,15-18,20-21H2,1H3. The maximum Gasteiger partial charge on any atom is 0.222 e. The highest BCUT2D eigenvalue weighted by Gasteiger charge is 2.25. The topological polar surface area (TPSA) is 41.4 Å². The molecule has 3 heterocycles. The Bertz CT molecular complexity index is 802. The lowest BCUT2D eigenvalue weighted by molar-refractivity contribution is -0.133. The third-order valence-electron chi connectivity index (χ3n) is 7.32. The van der Waals surface area contributed by atoms with E-state index in [4.69, 9.17) is 0 Å². The van der Waals surface area contributed by atoms with Crippen molar-refractivity contribution in [1.82, 2.24) is 19.4 Å². The first-order valence-electron chi connectivity index (χ1n) is 12.2. The van der Waals surface area contributed by atoms with Gasteiger partial charge in [-0.3, -0.25) is 9.69 Å². The molecule has 1 aromatic heterocycles. The molecule has 0 unspecified atom stereocenters. The van der Waals surface area contributed by atoms with Gasteiger partial charge >= 0.3 is 0 Å². The normalized spacial score (nSPS) is 19.1. The Morgan fingerprint density at radius 2 is 1.71 bits per heavy atom. The summed E-state index contributed by atoms with van der Waals surface area (Å²) < 4.78 is 2.23. The Morgan fingerprint density at radius 3 is 2.42 bits per heavy atom. The van der Waals surface area contributed by atoms with Crippen LogP contribution in [0.2, 0.25) is 0 Å². The van der Waals surface area contributed by atoms with E-state index in [1.165, 1.54) is 24.2 Å². The number of benzene rings is 1. The van der Waals surface area contributed by atoms with Crippen molar-refractivity contribution in [2.24, 2.45) is 11.8 Å². The summed E-state index contributed by atoms with van der Waals surface area (Å²) in [4.78, 5) is 21.9. The van der Waals surface area contributed by atoms with Gasteiger partial charge in [0.2, 0.25) is 5.91 Å². The van der Waals surface area contributed by atoms with E-state index in [1.807, 2.05) is 6.20 Å². The van der Waals surface area contributed by atoms with Crippen molar-refractivity contribution in [3.05, 3.63) is 54.1 Å². The number of aromatic nitrogens is 2. The van der Waals surface area contributed by atoms with E-state index < -0.39 is 0 Å². The van der Waals surface area contributed by atoms with Crippen LogP contribution in [-0.2, 0) is 24.3 Å². The van der Waals surface area contributed by atoms with Gasteiger partial charge in [0.15, 0.2) is 0 Å². The minimum atomic E-state index is 0.380. The molecule has 1 amide bonds. The summed E-state index contributed by atoms with van der Waals surface area (Å²) in [5, 5.41) is 0. The van der Waals surface area contributed by atoms with E-state index in [9.17, 15) is 4.79 Å². The lowest BCUT2D eigenvalue weighted by atomic mass is 9.89. The molecule has 0 aliphatic carbocycles. The fourth-order valence-corrected chi connectivity index (χ4v) is 5.23. The molecule has 31 heavy (non-hydrogen) atoms. The van der Waals surface area contributed by atoms with Crippen molar-refractivity contribution in [3.8, 4) is 0 Å². The monoisotopic (exact) mass is 422 g/mol. The average Bonchev–Trinajstić information content (AvgIpc) is 3.27. The van der Waals surface area contributed by atoms with Gasteiger partial charge in [0, 0.05) is 38.4 Å². The summed E-state index contributed by atoms with van der Waals surface area (Å²) in [5.74, 6) is 2.97. The van der Waals surface area contributed by atoms with Crippen LogP contribution < -0.4 is 0 Å². The molecule has 0 atom stereocenters. The lowest BCUT2D eigenvalue weighted by Crippen LogP contribution is -2.39. The molecule has 1 aromatic carbocycles. The first-order chi connectivity index (χ1) is 15.2. The highest BCUT2D eigenvalue weighted by molar-refractivity contribution is 5.76. The van der Waals surface area contributed by atoms with Gasteiger partial charge in [0.05, 0.1) is 6.54 Å². The van der Waals surface area contributed by atoms with Crippen LogP contribution in [0.3, 0.4) is 0 Å². The first-order valence-corrected chi connectivity index (χ1v) is 12.2. The molecule has 2 fully saturated rings.